The van der Waals surface area contributed by atoms with Gasteiger partial charge in [0.05, 0.1) is 0 Å². The summed E-state index contributed by atoms with van der Waals surface area (Å²) in [6, 6.07) is 15.4. The zero-order valence-electron chi connectivity index (χ0n) is 17.2. The summed E-state index contributed by atoms with van der Waals surface area (Å²) >= 11 is 0. The molecule has 3 N–H and O–H groups in total. The van der Waals surface area contributed by atoms with Gasteiger partial charge in [0.2, 0.25) is 0 Å². The fourth-order valence-corrected chi connectivity index (χ4v) is 4.27. The number of fused-ring (bicyclic) bond motifs is 2. The fraction of sp³-hybridized carbons (Fsp3) is 0.292. The monoisotopic (exact) mass is 415 g/mol. The normalized spacial score (nSPS) is 14.5. The van der Waals surface area contributed by atoms with Crippen molar-refractivity contribution < 1.29 is 4.79 Å². The molecule has 0 aliphatic heterocycles. The molecule has 0 saturated heterocycles. The third-order valence-electron chi connectivity index (χ3n) is 5.94. The molecule has 0 unspecified atom stereocenters. The van der Waals surface area contributed by atoms with E-state index in [1.807, 2.05) is 6.07 Å². The quantitative estimate of drug-likeness (QED) is 0.451. The number of rotatable bonds is 6. The van der Waals surface area contributed by atoms with Crippen LogP contribution < -0.4 is 16.2 Å². The second-order valence-electron chi connectivity index (χ2n) is 8.17. The van der Waals surface area contributed by atoms with E-state index in [1.165, 1.54) is 41.8 Å². The Morgan fingerprint density at radius 1 is 1.10 bits per heavy atom. The second kappa shape index (κ2) is 8.35. The number of aromatic nitrogens is 3. The molecular formula is C24H25N5O2. The highest BCUT2D eigenvalue weighted by atomic mass is 16.2. The summed E-state index contributed by atoms with van der Waals surface area (Å²) in [7, 11) is 0. The van der Waals surface area contributed by atoms with E-state index < -0.39 is 0 Å². The molecule has 0 bridgehead atoms. The minimum absolute atomic E-state index is 0.123. The third-order valence-corrected chi connectivity index (χ3v) is 5.94. The molecule has 1 aliphatic carbocycles. The molecule has 0 spiro atoms. The third kappa shape index (κ3) is 4.22. The highest BCUT2D eigenvalue weighted by Crippen LogP contribution is 2.20. The van der Waals surface area contributed by atoms with Gasteiger partial charge in [0.25, 0.3) is 11.5 Å². The van der Waals surface area contributed by atoms with E-state index in [0.717, 1.165) is 23.0 Å². The van der Waals surface area contributed by atoms with E-state index in [0.29, 0.717) is 18.2 Å². The zero-order valence-corrected chi connectivity index (χ0v) is 17.2. The van der Waals surface area contributed by atoms with Gasteiger partial charge >= 0.3 is 0 Å². The number of carbonyl (C=O) groups is 1. The summed E-state index contributed by atoms with van der Waals surface area (Å²) in [5, 5.41) is 7.65. The molecule has 1 aliphatic rings. The Labute approximate surface area is 179 Å². The summed E-state index contributed by atoms with van der Waals surface area (Å²) in [5.41, 5.74) is 3.50. The van der Waals surface area contributed by atoms with E-state index in [2.05, 4.69) is 38.8 Å². The van der Waals surface area contributed by atoms with Gasteiger partial charge in [-0.2, -0.15) is 0 Å². The van der Waals surface area contributed by atoms with Crippen LogP contribution in [0.15, 0.2) is 59.5 Å². The van der Waals surface area contributed by atoms with Gasteiger partial charge in [0, 0.05) is 42.6 Å². The number of pyridine rings is 1. The van der Waals surface area contributed by atoms with E-state index in [4.69, 9.17) is 0 Å². The first kappa shape index (κ1) is 19.5. The summed E-state index contributed by atoms with van der Waals surface area (Å²) in [6.07, 6.45) is 6.81. The first-order chi connectivity index (χ1) is 15.2. The maximum absolute atomic E-state index is 12.6. The van der Waals surface area contributed by atoms with E-state index in [-0.39, 0.29) is 17.2 Å². The van der Waals surface area contributed by atoms with Crippen LogP contribution in [0.1, 0.15) is 47.4 Å². The molecular weight excluding hydrogens is 390 g/mol. The average molecular weight is 415 g/mol. The SMILES string of the molecule is O=C(NCc1ccc2cc(CNC3CCCC3)[nH]c2c1)c1cc(=O)n2ccccc2n1. The molecule has 31 heavy (non-hydrogen) atoms. The van der Waals surface area contributed by atoms with Crippen LogP contribution in [0.4, 0.5) is 0 Å². The van der Waals surface area contributed by atoms with Crippen molar-refractivity contribution >= 4 is 22.5 Å². The number of H-pyrrole nitrogens is 1. The molecule has 0 atom stereocenters. The van der Waals surface area contributed by atoms with Gasteiger partial charge in [-0.3, -0.25) is 14.0 Å². The molecule has 1 amide bonds. The molecule has 1 aromatic carbocycles. The lowest BCUT2D eigenvalue weighted by Crippen LogP contribution is -2.26. The van der Waals surface area contributed by atoms with E-state index >= 15 is 0 Å². The van der Waals surface area contributed by atoms with Gasteiger partial charge in [-0.05, 0) is 48.1 Å². The predicted molar refractivity (Wildman–Crippen MR) is 120 cm³/mol. The van der Waals surface area contributed by atoms with E-state index in [9.17, 15) is 9.59 Å². The van der Waals surface area contributed by atoms with Crippen molar-refractivity contribution in [3.05, 3.63) is 82.0 Å². The smallest absolute Gasteiger partial charge is 0.270 e. The van der Waals surface area contributed by atoms with Gasteiger partial charge in [-0.15, -0.1) is 0 Å². The lowest BCUT2D eigenvalue weighted by Gasteiger charge is -2.10. The number of hydrogen-bond donors (Lipinski definition) is 3. The van der Waals surface area contributed by atoms with Crippen LogP contribution in [0.5, 0.6) is 0 Å². The number of nitrogens with zero attached hydrogens (tertiary/aromatic N) is 2. The summed E-state index contributed by atoms with van der Waals surface area (Å²) < 4.78 is 1.41. The van der Waals surface area contributed by atoms with Crippen molar-refractivity contribution in [2.45, 2.75) is 44.8 Å². The Balaban J connectivity index is 1.26. The maximum Gasteiger partial charge on any atom is 0.270 e. The second-order valence-corrected chi connectivity index (χ2v) is 8.17. The Kier molecular flexibility index (Phi) is 5.26. The van der Waals surface area contributed by atoms with Crippen LogP contribution in [-0.2, 0) is 13.1 Å². The highest BCUT2D eigenvalue weighted by Gasteiger charge is 2.14. The number of benzene rings is 1. The largest absolute Gasteiger partial charge is 0.357 e. The van der Waals surface area contributed by atoms with Crippen LogP contribution >= 0.6 is 0 Å². The van der Waals surface area contributed by atoms with Crippen molar-refractivity contribution in [3.63, 3.8) is 0 Å². The predicted octanol–water partition coefficient (Wildman–Crippen LogP) is 3.14. The Hall–Kier alpha value is -3.45. The Morgan fingerprint density at radius 3 is 2.84 bits per heavy atom. The topological polar surface area (TPSA) is 91.3 Å². The first-order valence-corrected chi connectivity index (χ1v) is 10.8. The van der Waals surface area contributed by atoms with Crippen molar-refractivity contribution in [2.75, 3.05) is 0 Å². The van der Waals surface area contributed by atoms with Crippen molar-refractivity contribution in [1.29, 1.82) is 0 Å². The van der Waals surface area contributed by atoms with Gasteiger partial charge < -0.3 is 15.6 Å². The summed E-state index contributed by atoms with van der Waals surface area (Å²) in [6.45, 7) is 1.20. The Morgan fingerprint density at radius 2 is 1.97 bits per heavy atom. The minimum atomic E-state index is -0.364. The molecule has 5 rings (SSSR count). The van der Waals surface area contributed by atoms with Crippen LogP contribution in [0.2, 0.25) is 0 Å². The number of aromatic amines is 1. The van der Waals surface area contributed by atoms with E-state index in [1.54, 1.807) is 24.4 Å². The lowest BCUT2D eigenvalue weighted by molar-refractivity contribution is 0.0946. The standard InChI is InChI=1S/C24H25N5O2/c30-23-13-21(28-22-7-3-4-10-29(22)23)24(31)26-14-16-8-9-17-12-19(27-20(17)11-16)15-25-18-5-1-2-6-18/h3-4,7-13,18,25,27H,1-2,5-6,14-15H2,(H,26,31). The molecule has 4 aromatic rings. The highest BCUT2D eigenvalue weighted by molar-refractivity contribution is 5.92. The lowest BCUT2D eigenvalue weighted by atomic mass is 10.1. The molecule has 7 heteroatoms. The molecule has 1 saturated carbocycles. The Bertz CT molecular complexity index is 1300. The molecule has 3 aromatic heterocycles. The molecule has 1 fully saturated rings. The van der Waals surface area contributed by atoms with Crippen LogP contribution in [0, 0.1) is 0 Å². The molecule has 3 heterocycles. The van der Waals surface area contributed by atoms with Gasteiger partial charge in [-0.25, -0.2) is 4.98 Å². The summed E-state index contributed by atoms with van der Waals surface area (Å²) in [5.74, 6) is -0.364. The fourth-order valence-electron chi connectivity index (χ4n) is 4.27. The van der Waals surface area contributed by atoms with Gasteiger partial charge in [-0.1, -0.05) is 31.0 Å². The molecule has 0 radical (unpaired) electrons. The average Bonchev–Trinajstić information content (AvgIpc) is 3.45. The number of amides is 1. The molecule has 7 nitrogen and oxygen atoms in total. The number of nitrogens with one attached hydrogen (secondary N) is 3. The summed E-state index contributed by atoms with van der Waals surface area (Å²) in [4.78, 5) is 32.5. The maximum atomic E-state index is 12.6. The van der Waals surface area contributed by atoms with Crippen LogP contribution in [0.3, 0.4) is 0 Å². The number of hydrogen-bond acceptors (Lipinski definition) is 4. The van der Waals surface area contributed by atoms with Crippen molar-refractivity contribution in [3.8, 4) is 0 Å². The van der Waals surface area contributed by atoms with Crippen molar-refractivity contribution in [2.24, 2.45) is 0 Å². The van der Waals surface area contributed by atoms with Gasteiger partial charge in [0.15, 0.2) is 0 Å². The van der Waals surface area contributed by atoms with Crippen molar-refractivity contribution in [1.82, 2.24) is 25.0 Å². The zero-order chi connectivity index (χ0) is 21.2. The minimum Gasteiger partial charge on any atom is -0.357 e. The van der Waals surface area contributed by atoms with Crippen LogP contribution in [0.25, 0.3) is 16.6 Å². The van der Waals surface area contributed by atoms with Gasteiger partial charge in [0.1, 0.15) is 11.3 Å². The number of carbonyl (C=O) groups excluding carboxylic acids is 1. The first-order valence-electron chi connectivity index (χ1n) is 10.8. The van der Waals surface area contributed by atoms with Crippen LogP contribution in [-0.4, -0.2) is 26.3 Å². The molecule has 158 valence electrons.